The third-order valence-electron chi connectivity index (χ3n) is 10.2. The summed E-state index contributed by atoms with van der Waals surface area (Å²) in [4.78, 5) is 2.38. The maximum Gasteiger partial charge on any atom is 0.0468 e. The number of anilines is 3. The second-order valence-electron chi connectivity index (χ2n) is 13.7. The average molecular weight is 694 g/mol. The van der Waals surface area contributed by atoms with Gasteiger partial charge in [-0.3, -0.25) is 0 Å². The Balaban J connectivity index is 1.24. The van der Waals surface area contributed by atoms with Gasteiger partial charge in [-0.1, -0.05) is 183 Å². The molecule has 0 bridgehead atoms. The lowest BCUT2D eigenvalue weighted by Crippen LogP contribution is -2.10. The molecule has 54 heavy (non-hydrogen) atoms. The molecule has 0 aliphatic carbocycles. The number of nitrogens with zero attached hydrogens (tertiary/aromatic N) is 1. The van der Waals surface area contributed by atoms with Gasteiger partial charge in [-0.2, -0.15) is 0 Å². The Labute approximate surface area is 320 Å². The topological polar surface area (TPSA) is 3.24 Å². The van der Waals surface area contributed by atoms with E-state index < -0.39 is 0 Å². The second kappa shape index (κ2) is 15.9. The van der Waals surface area contributed by atoms with Gasteiger partial charge in [-0.25, -0.2) is 0 Å². The molecule has 0 heterocycles. The lowest BCUT2D eigenvalue weighted by molar-refractivity contribution is 1.23. The molecule has 0 aromatic heterocycles. The van der Waals surface area contributed by atoms with Crippen LogP contribution < -0.4 is 4.90 Å². The lowest BCUT2D eigenvalue weighted by atomic mass is 9.89. The van der Waals surface area contributed by atoms with Crippen LogP contribution in [0.5, 0.6) is 0 Å². The quantitative estimate of drug-likeness (QED) is 0.138. The summed E-state index contributed by atoms with van der Waals surface area (Å²) >= 11 is 0. The monoisotopic (exact) mass is 693 g/mol. The summed E-state index contributed by atoms with van der Waals surface area (Å²) in [5.74, 6) is 0. The smallest absolute Gasteiger partial charge is 0.0468 e. The molecule has 8 rings (SSSR count). The van der Waals surface area contributed by atoms with Crippen LogP contribution in [0, 0.1) is 6.92 Å². The Kier molecular flexibility index (Phi) is 10.1. The molecule has 260 valence electrons. The van der Waals surface area contributed by atoms with E-state index >= 15 is 0 Å². The summed E-state index contributed by atoms with van der Waals surface area (Å²) < 4.78 is 0. The van der Waals surface area contributed by atoms with Gasteiger partial charge in [0, 0.05) is 17.1 Å². The minimum Gasteiger partial charge on any atom is -0.310 e. The Morgan fingerprint density at radius 1 is 0.370 bits per heavy atom. The molecule has 0 radical (unpaired) electrons. The van der Waals surface area contributed by atoms with Crippen molar-refractivity contribution in [2.24, 2.45) is 0 Å². The van der Waals surface area contributed by atoms with E-state index in [4.69, 9.17) is 0 Å². The van der Waals surface area contributed by atoms with Gasteiger partial charge in [0.05, 0.1) is 0 Å². The molecular weight excluding hydrogens is 651 g/mol. The van der Waals surface area contributed by atoms with Crippen LogP contribution in [-0.2, 0) is 0 Å². The zero-order valence-electron chi connectivity index (χ0n) is 30.9. The van der Waals surface area contributed by atoms with Crippen molar-refractivity contribution in [3.05, 3.63) is 217 Å². The van der Waals surface area contributed by atoms with E-state index in [9.17, 15) is 0 Å². The third kappa shape index (κ3) is 7.31. The van der Waals surface area contributed by atoms with Gasteiger partial charge in [-0.05, 0) is 117 Å². The van der Waals surface area contributed by atoms with Crippen molar-refractivity contribution in [3.8, 4) is 55.6 Å². The summed E-state index contributed by atoms with van der Waals surface area (Å²) in [6.45, 7) is 4.39. The van der Waals surface area contributed by atoms with Crippen LogP contribution in [0.1, 0.15) is 24.5 Å². The summed E-state index contributed by atoms with van der Waals surface area (Å²) in [5, 5.41) is 0. The Bertz CT molecular complexity index is 2480. The van der Waals surface area contributed by atoms with Gasteiger partial charge in [0.25, 0.3) is 0 Å². The van der Waals surface area contributed by atoms with E-state index in [2.05, 4.69) is 231 Å². The SMILES string of the molecule is CC/C=C\c1c(C)cccc1-c1ccc(N(c2ccc(-c3ccccc3)cc2)c2ccc(-c3ccc(-c4ccccc4)cc3)cc2)cc1-c1ccccc1. The molecule has 1 heteroatoms. The number of allylic oxidation sites excluding steroid dienone is 1. The highest BCUT2D eigenvalue weighted by molar-refractivity contribution is 5.92. The number of hydrogen-bond donors (Lipinski definition) is 0. The van der Waals surface area contributed by atoms with E-state index in [0.717, 1.165) is 23.5 Å². The molecule has 0 unspecified atom stereocenters. The largest absolute Gasteiger partial charge is 0.310 e. The summed E-state index contributed by atoms with van der Waals surface area (Å²) in [6, 6.07) is 72.3. The highest BCUT2D eigenvalue weighted by Gasteiger charge is 2.18. The standard InChI is InChI=1S/C53H43N/c1-3-4-22-50-39(2)15-14-23-51(50)52-37-36-49(38-53(52)46-20-12-7-13-21-46)54(47-32-28-44(29-33-47)41-18-10-6-11-19-41)48-34-30-45(31-35-48)43-26-24-42(25-27-43)40-16-8-5-9-17-40/h4-38H,3H2,1-2H3/b22-4-. The molecule has 0 saturated carbocycles. The highest BCUT2D eigenvalue weighted by Crippen LogP contribution is 2.43. The molecule has 0 spiro atoms. The van der Waals surface area contributed by atoms with Crippen LogP contribution in [-0.4, -0.2) is 0 Å². The summed E-state index contributed by atoms with van der Waals surface area (Å²) in [5.41, 5.74) is 17.9. The molecule has 0 N–H and O–H groups in total. The lowest BCUT2D eigenvalue weighted by Gasteiger charge is -2.27. The van der Waals surface area contributed by atoms with Crippen LogP contribution in [0.15, 0.2) is 206 Å². The molecule has 1 nitrogen and oxygen atoms in total. The van der Waals surface area contributed by atoms with Gasteiger partial charge in [0.15, 0.2) is 0 Å². The molecule has 0 fully saturated rings. The van der Waals surface area contributed by atoms with E-state index in [0.29, 0.717) is 0 Å². The molecular formula is C53H43N. The van der Waals surface area contributed by atoms with E-state index in [1.807, 2.05) is 0 Å². The number of aryl methyl sites for hydroxylation is 1. The molecule has 8 aromatic carbocycles. The minimum absolute atomic E-state index is 0.994. The van der Waals surface area contributed by atoms with Crippen molar-refractivity contribution in [1.29, 1.82) is 0 Å². The molecule has 0 atom stereocenters. The summed E-state index contributed by atoms with van der Waals surface area (Å²) in [7, 11) is 0. The van der Waals surface area contributed by atoms with E-state index in [-0.39, 0.29) is 0 Å². The molecule has 0 amide bonds. The first-order valence-electron chi connectivity index (χ1n) is 18.8. The predicted octanol–water partition coefficient (Wildman–Crippen LogP) is 15.2. The Morgan fingerprint density at radius 2 is 0.796 bits per heavy atom. The zero-order valence-corrected chi connectivity index (χ0v) is 30.9. The van der Waals surface area contributed by atoms with Gasteiger partial charge in [-0.15, -0.1) is 0 Å². The maximum absolute atomic E-state index is 2.38. The van der Waals surface area contributed by atoms with Crippen LogP contribution >= 0.6 is 0 Å². The van der Waals surface area contributed by atoms with Gasteiger partial charge < -0.3 is 4.90 Å². The number of hydrogen-bond acceptors (Lipinski definition) is 1. The molecule has 8 aromatic rings. The molecule has 0 aliphatic heterocycles. The van der Waals surface area contributed by atoms with Crippen LogP contribution in [0.25, 0.3) is 61.7 Å². The fourth-order valence-electron chi connectivity index (χ4n) is 7.30. The molecule has 0 aliphatic rings. The van der Waals surface area contributed by atoms with Crippen molar-refractivity contribution in [2.75, 3.05) is 4.90 Å². The van der Waals surface area contributed by atoms with E-state index in [1.165, 1.54) is 66.8 Å². The van der Waals surface area contributed by atoms with Crippen molar-refractivity contribution in [1.82, 2.24) is 0 Å². The average Bonchev–Trinajstić information content (AvgIpc) is 3.25. The van der Waals surface area contributed by atoms with Crippen molar-refractivity contribution >= 4 is 23.1 Å². The first-order chi connectivity index (χ1) is 26.7. The third-order valence-corrected chi connectivity index (χ3v) is 10.2. The molecule has 0 saturated heterocycles. The Hall–Kier alpha value is -6.70. The van der Waals surface area contributed by atoms with Gasteiger partial charge >= 0.3 is 0 Å². The second-order valence-corrected chi connectivity index (χ2v) is 13.7. The zero-order chi connectivity index (χ0) is 36.7. The number of rotatable bonds is 10. The first-order valence-corrected chi connectivity index (χ1v) is 18.8. The van der Waals surface area contributed by atoms with E-state index in [1.54, 1.807) is 0 Å². The van der Waals surface area contributed by atoms with Crippen molar-refractivity contribution in [2.45, 2.75) is 20.3 Å². The van der Waals surface area contributed by atoms with Crippen molar-refractivity contribution in [3.63, 3.8) is 0 Å². The Morgan fingerprint density at radius 3 is 1.28 bits per heavy atom. The minimum atomic E-state index is 0.994. The summed E-state index contributed by atoms with van der Waals surface area (Å²) in [6.07, 6.45) is 5.53. The fourth-order valence-corrected chi connectivity index (χ4v) is 7.30. The van der Waals surface area contributed by atoms with Gasteiger partial charge in [0.1, 0.15) is 0 Å². The number of benzene rings is 8. The predicted molar refractivity (Wildman–Crippen MR) is 232 cm³/mol. The normalized spacial score (nSPS) is 11.1. The fraction of sp³-hybridized carbons (Fsp3) is 0.0566. The van der Waals surface area contributed by atoms with Crippen LogP contribution in [0.4, 0.5) is 17.1 Å². The van der Waals surface area contributed by atoms with Crippen LogP contribution in [0.2, 0.25) is 0 Å². The first kappa shape index (κ1) is 34.4. The van der Waals surface area contributed by atoms with Crippen molar-refractivity contribution < 1.29 is 0 Å². The van der Waals surface area contributed by atoms with Gasteiger partial charge in [0.2, 0.25) is 0 Å². The van der Waals surface area contributed by atoms with Crippen LogP contribution in [0.3, 0.4) is 0 Å². The maximum atomic E-state index is 2.38. The highest BCUT2D eigenvalue weighted by atomic mass is 15.1.